The van der Waals surface area contributed by atoms with E-state index in [-0.39, 0.29) is 24.2 Å². The number of hydrogen-bond acceptors (Lipinski definition) is 3. The van der Waals surface area contributed by atoms with Crippen molar-refractivity contribution in [2.75, 3.05) is 12.0 Å². The highest BCUT2D eigenvalue weighted by atomic mass is 35.5. The van der Waals surface area contributed by atoms with Crippen molar-refractivity contribution in [3.8, 4) is 0 Å². The maximum Gasteiger partial charge on any atom is 0.149 e. The number of hydrogen-bond donors (Lipinski definition) is 1. The van der Waals surface area contributed by atoms with Crippen molar-refractivity contribution in [1.82, 2.24) is 5.32 Å². The van der Waals surface area contributed by atoms with Crippen LogP contribution in [0.2, 0.25) is 5.02 Å². The second kappa shape index (κ2) is 7.22. The zero-order valence-corrected chi connectivity index (χ0v) is 13.7. The molecule has 2 aromatic carbocycles. The fourth-order valence-corrected chi connectivity index (χ4v) is 3.27. The van der Waals surface area contributed by atoms with Crippen molar-refractivity contribution in [3.63, 3.8) is 0 Å². The van der Waals surface area contributed by atoms with Crippen molar-refractivity contribution >= 4 is 21.4 Å². The van der Waals surface area contributed by atoms with Crippen molar-refractivity contribution in [2.45, 2.75) is 12.6 Å². The van der Waals surface area contributed by atoms with Crippen molar-refractivity contribution < 1.29 is 12.8 Å². The van der Waals surface area contributed by atoms with E-state index >= 15 is 0 Å². The van der Waals surface area contributed by atoms with Gasteiger partial charge in [0, 0.05) is 23.9 Å². The Morgan fingerprint density at radius 3 is 2.50 bits per heavy atom. The molecule has 0 aliphatic heterocycles. The Morgan fingerprint density at radius 1 is 1.18 bits per heavy atom. The van der Waals surface area contributed by atoms with Crippen LogP contribution in [0.15, 0.2) is 48.5 Å². The van der Waals surface area contributed by atoms with Gasteiger partial charge >= 0.3 is 0 Å². The van der Waals surface area contributed by atoms with E-state index in [4.69, 9.17) is 11.6 Å². The Hall–Kier alpha value is -1.43. The molecule has 0 bridgehead atoms. The fraction of sp³-hybridized carbons (Fsp3) is 0.250. The average Bonchev–Trinajstić information content (AvgIpc) is 2.46. The number of halogens is 2. The normalized spacial score (nSPS) is 13.0. The summed E-state index contributed by atoms with van der Waals surface area (Å²) in [7, 11) is -3.16. The first-order valence-corrected chi connectivity index (χ1v) is 9.19. The Bertz CT molecular complexity index is 735. The van der Waals surface area contributed by atoms with E-state index in [1.54, 1.807) is 0 Å². The minimum atomic E-state index is -3.16. The molecule has 0 saturated heterocycles. The van der Waals surface area contributed by atoms with E-state index in [1.807, 2.05) is 30.3 Å². The van der Waals surface area contributed by atoms with E-state index in [1.165, 1.54) is 24.5 Å². The predicted octanol–water partition coefficient (Wildman–Crippen LogP) is 3.35. The first-order valence-electron chi connectivity index (χ1n) is 6.75. The number of sulfone groups is 1. The Morgan fingerprint density at radius 2 is 1.86 bits per heavy atom. The van der Waals surface area contributed by atoms with Gasteiger partial charge in [-0.2, -0.15) is 0 Å². The van der Waals surface area contributed by atoms with Crippen LogP contribution in [0.4, 0.5) is 4.39 Å². The van der Waals surface area contributed by atoms with Gasteiger partial charge in [0.05, 0.1) is 5.75 Å². The third-order valence-electron chi connectivity index (χ3n) is 3.22. The second-order valence-corrected chi connectivity index (χ2v) is 7.76. The zero-order chi connectivity index (χ0) is 16.2. The summed E-state index contributed by atoms with van der Waals surface area (Å²) in [5.41, 5.74) is 1.46. The SMILES string of the molecule is CS(=O)(=O)C[C@@H](NCc1cc(F)ccc1Cl)c1ccccc1. The molecule has 2 rings (SSSR count). The lowest BCUT2D eigenvalue weighted by atomic mass is 10.1. The molecule has 3 nitrogen and oxygen atoms in total. The maximum atomic E-state index is 13.3. The van der Waals surface area contributed by atoms with Gasteiger partial charge in [0.15, 0.2) is 0 Å². The highest BCUT2D eigenvalue weighted by Gasteiger charge is 2.17. The van der Waals surface area contributed by atoms with E-state index in [0.29, 0.717) is 10.6 Å². The summed E-state index contributed by atoms with van der Waals surface area (Å²) in [5, 5.41) is 3.59. The van der Waals surface area contributed by atoms with Crippen molar-refractivity contribution in [3.05, 3.63) is 70.5 Å². The van der Waals surface area contributed by atoms with Crippen LogP contribution in [0.25, 0.3) is 0 Å². The summed E-state index contributed by atoms with van der Waals surface area (Å²) in [6.07, 6.45) is 1.19. The molecule has 0 unspecified atom stereocenters. The third-order valence-corrected chi connectivity index (χ3v) is 4.53. The summed E-state index contributed by atoms with van der Waals surface area (Å²) in [6, 6.07) is 13.0. The summed E-state index contributed by atoms with van der Waals surface area (Å²) in [4.78, 5) is 0. The Balaban J connectivity index is 2.18. The monoisotopic (exact) mass is 341 g/mol. The van der Waals surface area contributed by atoms with Crippen LogP contribution < -0.4 is 5.32 Å². The molecule has 1 atom stereocenters. The minimum Gasteiger partial charge on any atom is -0.305 e. The molecule has 0 aliphatic carbocycles. The van der Waals surface area contributed by atoms with Crippen LogP contribution in [0.3, 0.4) is 0 Å². The quantitative estimate of drug-likeness (QED) is 0.876. The summed E-state index contributed by atoms with van der Waals surface area (Å²) in [5.74, 6) is -0.412. The number of nitrogens with one attached hydrogen (secondary N) is 1. The molecular weight excluding hydrogens is 325 g/mol. The van der Waals surface area contributed by atoms with Gasteiger partial charge in [-0.15, -0.1) is 0 Å². The van der Waals surface area contributed by atoms with Crippen LogP contribution in [-0.4, -0.2) is 20.4 Å². The van der Waals surface area contributed by atoms with Crippen LogP contribution in [0.1, 0.15) is 17.2 Å². The third kappa shape index (κ3) is 5.09. The molecule has 0 fully saturated rings. The molecule has 0 spiro atoms. The molecule has 1 N–H and O–H groups in total. The van der Waals surface area contributed by atoms with Gasteiger partial charge in [-0.05, 0) is 29.3 Å². The van der Waals surface area contributed by atoms with Crippen LogP contribution >= 0.6 is 11.6 Å². The Labute approximate surface area is 135 Å². The molecule has 0 aromatic heterocycles. The lowest BCUT2D eigenvalue weighted by molar-refractivity contribution is 0.548. The van der Waals surface area contributed by atoms with Gasteiger partial charge in [-0.3, -0.25) is 0 Å². The van der Waals surface area contributed by atoms with E-state index < -0.39 is 9.84 Å². The van der Waals surface area contributed by atoms with E-state index in [2.05, 4.69) is 5.32 Å². The Kier molecular flexibility index (Phi) is 5.56. The molecule has 22 heavy (non-hydrogen) atoms. The van der Waals surface area contributed by atoms with Crippen LogP contribution in [0, 0.1) is 5.82 Å². The summed E-state index contributed by atoms with van der Waals surface area (Å²) >= 11 is 6.03. The average molecular weight is 342 g/mol. The van der Waals surface area contributed by atoms with Crippen molar-refractivity contribution in [2.24, 2.45) is 0 Å². The number of rotatable bonds is 6. The maximum absolute atomic E-state index is 13.3. The van der Waals surface area contributed by atoms with Gasteiger partial charge in [0.25, 0.3) is 0 Å². The predicted molar refractivity (Wildman–Crippen MR) is 87.1 cm³/mol. The van der Waals surface area contributed by atoms with Crippen molar-refractivity contribution in [1.29, 1.82) is 0 Å². The standard InChI is InChI=1S/C16H17ClFNO2S/c1-22(20,21)11-16(12-5-3-2-4-6-12)19-10-13-9-14(18)7-8-15(13)17/h2-9,16,19H,10-11H2,1H3/t16-/m1/s1. The van der Waals surface area contributed by atoms with E-state index in [9.17, 15) is 12.8 Å². The first kappa shape index (κ1) is 16.9. The summed E-state index contributed by atoms with van der Waals surface area (Å²) < 4.78 is 36.5. The summed E-state index contributed by atoms with van der Waals surface area (Å²) in [6.45, 7) is 0.283. The largest absolute Gasteiger partial charge is 0.305 e. The fourth-order valence-electron chi connectivity index (χ4n) is 2.17. The molecule has 0 saturated carbocycles. The highest BCUT2D eigenvalue weighted by molar-refractivity contribution is 7.90. The second-order valence-electron chi connectivity index (χ2n) is 5.17. The number of benzene rings is 2. The van der Waals surface area contributed by atoms with Gasteiger partial charge < -0.3 is 5.32 Å². The molecule has 0 heterocycles. The van der Waals surface area contributed by atoms with E-state index in [0.717, 1.165) is 5.56 Å². The smallest absolute Gasteiger partial charge is 0.149 e. The molecule has 118 valence electrons. The lowest BCUT2D eigenvalue weighted by Gasteiger charge is -2.19. The molecule has 0 aliphatic rings. The zero-order valence-electron chi connectivity index (χ0n) is 12.1. The van der Waals surface area contributed by atoms with Gasteiger partial charge in [-0.25, -0.2) is 12.8 Å². The molecule has 0 radical (unpaired) electrons. The molecule has 0 amide bonds. The molecule has 2 aromatic rings. The lowest BCUT2D eigenvalue weighted by Crippen LogP contribution is -2.27. The van der Waals surface area contributed by atoms with Crippen LogP contribution in [-0.2, 0) is 16.4 Å². The molecule has 6 heteroatoms. The topological polar surface area (TPSA) is 46.2 Å². The van der Waals surface area contributed by atoms with Gasteiger partial charge in [-0.1, -0.05) is 41.9 Å². The van der Waals surface area contributed by atoms with Gasteiger partial charge in [0.1, 0.15) is 15.7 Å². The molecular formula is C16H17ClFNO2S. The highest BCUT2D eigenvalue weighted by Crippen LogP contribution is 2.20. The minimum absolute atomic E-state index is 0.0377. The van der Waals surface area contributed by atoms with Crippen LogP contribution in [0.5, 0.6) is 0 Å². The first-order chi connectivity index (χ1) is 10.3. The van der Waals surface area contributed by atoms with Gasteiger partial charge in [0.2, 0.25) is 0 Å².